The summed E-state index contributed by atoms with van der Waals surface area (Å²) in [7, 11) is 3.41. The number of rotatable bonds is 4. The van der Waals surface area contributed by atoms with Gasteiger partial charge in [-0.25, -0.2) is 0 Å². The molecule has 3 heteroatoms. The van der Waals surface area contributed by atoms with E-state index in [2.05, 4.69) is 11.9 Å². The topological polar surface area (TPSA) is 41.5 Å². The summed E-state index contributed by atoms with van der Waals surface area (Å²) in [6.07, 6.45) is 3.07. The Labute approximate surface area is 89.7 Å². The van der Waals surface area contributed by atoms with Crippen molar-refractivity contribution in [3.63, 3.8) is 0 Å². The zero-order valence-electron chi connectivity index (χ0n) is 8.95. The first kappa shape index (κ1) is 11.2. The van der Waals surface area contributed by atoms with Gasteiger partial charge in [0.15, 0.2) is 0 Å². The number of nitrogens with one attached hydrogen (secondary N) is 1. The highest BCUT2D eigenvalue weighted by molar-refractivity contribution is 5.67. The Morgan fingerprint density at radius 1 is 1.53 bits per heavy atom. The molecule has 80 valence electrons. The summed E-state index contributed by atoms with van der Waals surface area (Å²) in [4.78, 5) is 0. The summed E-state index contributed by atoms with van der Waals surface area (Å²) in [5.74, 6) is 0.866. The predicted octanol–water partition coefficient (Wildman–Crippen LogP) is 2.82. The van der Waals surface area contributed by atoms with Crippen LogP contribution in [-0.2, 0) is 0 Å². The number of aliphatic hydroxyl groups excluding tert-OH is 1. The number of aliphatic hydroxyl groups is 1. The maximum atomic E-state index is 9.62. The molecule has 0 aliphatic rings. The highest BCUT2D eigenvalue weighted by atomic mass is 16.5. The van der Waals surface area contributed by atoms with Crippen LogP contribution in [0.4, 0.5) is 5.69 Å². The van der Waals surface area contributed by atoms with Gasteiger partial charge in [0.2, 0.25) is 0 Å². The number of methoxy groups -OCH3 is 1. The molecule has 0 spiro atoms. The van der Waals surface area contributed by atoms with Crippen molar-refractivity contribution in [2.75, 3.05) is 19.5 Å². The molecular formula is C12H15NO2. The molecule has 0 aliphatic carbocycles. The molecule has 0 aliphatic heterocycles. The Bertz CT molecular complexity index is 383. The fraction of sp³-hybridized carbons (Fsp3) is 0.167. The van der Waals surface area contributed by atoms with Gasteiger partial charge in [-0.3, -0.25) is 0 Å². The van der Waals surface area contributed by atoms with Crippen molar-refractivity contribution in [2.45, 2.75) is 0 Å². The maximum absolute atomic E-state index is 9.62. The fourth-order valence-corrected chi connectivity index (χ4v) is 1.26. The van der Waals surface area contributed by atoms with E-state index in [0.29, 0.717) is 11.3 Å². The molecule has 1 aromatic rings. The van der Waals surface area contributed by atoms with Crippen LogP contribution < -0.4 is 10.1 Å². The molecule has 0 aromatic heterocycles. The van der Waals surface area contributed by atoms with Gasteiger partial charge >= 0.3 is 0 Å². The molecule has 3 nitrogen and oxygen atoms in total. The number of hydrogen-bond acceptors (Lipinski definition) is 3. The van der Waals surface area contributed by atoms with Gasteiger partial charge < -0.3 is 15.2 Å². The third-order valence-electron chi connectivity index (χ3n) is 2.04. The Kier molecular flexibility index (Phi) is 3.80. The Morgan fingerprint density at radius 3 is 2.80 bits per heavy atom. The minimum absolute atomic E-state index is 0.172. The Hall–Kier alpha value is -1.90. The van der Waals surface area contributed by atoms with Crippen molar-refractivity contribution in [1.82, 2.24) is 0 Å². The van der Waals surface area contributed by atoms with Gasteiger partial charge in [-0.05, 0) is 24.3 Å². The van der Waals surface area contributed by atoms with Crippen molar-refractivity contribution in [1.29, 1.82) is 0 Å². The van der Waals surface area contributed by atoms with Gasteiger partial charge in [-0.15, -0.1) is 0 Å². The summed E-state index contributed by atoms with van der Waals surface area (Å²) >= 11 is 0. The predicted molar refractivity (Wildman–Crippen MR) is 63.3 cm³/mol. The maximum Gasteiger partial charge on any atom is 0.142 e. The first-order valence-electron chi connectivity index (χ1n) is 4.60. The molecule has 15 heavy (non-hydrogen) atoms. The molecular weight excluding hydrogens is 190 g/mol. The van der Waals surface area contributed by atoms with Crippen molar-refractivity contribution < 1.29 is 9.84 Å². The van der Waals surface area contributed by atoms with E-state index in [0.717, 1.165) is 5.69 Å². The van der Waals surface area contributed by atoms with Crippen LogP contribution in [0.5, 0.6) is 5.75 Å². The summed E-state index contributed by atoms with van der Waals surface area (Å²) < 4.78 is 5.18. The standard InChI is InChI=1S/C12H15NO2/c1-4-5-11(14)9-6-7-10(13-2)12(8-9)15-3/h4-8,13-14H,1H2,2-3H3/b11-5-. The van der Waals surface area contributed by atoms with E-state index in [1.807, 2.05) is 19.2 Å². The molecule has 1 aromatic carbocycles. The lowest BCUT2D eigenvalue weighted by molar-refractivity contribution is 0.416. The average molecular weight is 205 g/mol. The highest BCUT2D eigenvalue weighted by Crippen LogP contribution is 2.27. The van der Waals surface area contributed by atoms with Crippen LogP contribution in [0.3, 0.4) is 0 Å². The monoisotopic (exact) mass is 205 g/mol. The van der Waals surface area contributed by atoms with Gasteiger partial charge in [0.1, 0.15) is 11.5 Å². The molecule has 0 atom stereocenters. The molecule has 0 bridgehead atoms. The first-order chi connectivity index (χ1) is 7.22. The van der Waals surface area contributed by atoms with Crippen molar-refractivity contribution in [2.24, 2.45) is 0 Å². The normalized spacial score (nSPS) is 10.9. The lowest BCUT2D eigenvalue weighted by Gasteiger charge is -2.09. The average Bonchev–Trinajstić information content (AvgIpc) is 2.28. The van der Waals surface area contributed by atoms with Crippen molar-refractivity contribution in [3.8, 4) is 5.75 Å². The molecule has 0 amide bonds. The van der Waals surface area contributed by atoms with Crippen LogP contribution >= 0.6 is 0 Å². The molecule has 0 fully saturated rings. The van der Waals surface area contributed by atoms with Crippen LogP contribution in [0, 0.1) is 0 Å². The number of allylic oxidation sites excluding steroid dienone is 2. The SMILES string of the molecule is C=C/C=C(\O)c1ccc(NC)c(OC)c1. The van der Waals surface area contributed by atoms with Crippen molar-refractivity contribution in [3.05, 3.63) is 42.5 Å². The van der Waals surface area contributed by atoms with E-state index in [-0.39, 0.29) is 5.76 Å². The van der Waals surface area contributed by atoms with E-state index in [9.17, 15) is 5.11 Å². The molecule has 0 radical (unpaired) electrons. The van der Waals surface area contributed by atoms with Crippen LogP contribution in [0.2, 0.25) is 0 Å². The Balaban J connectivity index is 3.13. The molecule has 0 saturated heterocycles. The third kappa shape index (κ3) is 2.53. The number of benzene rings is 1. The first-order valence-corrected chi connectivity index (χ1v) is 4.60. The van der Waals surface area contributed by atoms with Gasteiger partial charge in [0.05, 0.1) is 12.8 Å². The van der Waals surface area contributed by atoms with E-state index in [1.165, 1.54) is 12.2 Å². The van der Waals surface area contributed by atoms with Crippen LogP contribution in [0.25, 0.3) is 5.76 Å². The number of hydrogen-bond donors (Lipinski definition) is 2. The molecule has 1 rings (SSSR count). The van der Waals surface area contributed by atoms with Gasteiger partial charge in [0.25, 0.3) is 0 Å². The lowest BCUT2D eigenvalue weighted by atomic mass is 10.1. The highest BCUT2D eigenvalue weighted by Gasteiger charge is 2.04. The van der Waals surface area contributed by atoms with Crippen LogP contribution in [0.15, 0.2) is 36.9 Å². The summed E-state index contributed by atoms with van der Waals surface area (Å²) in [6.45, 7) is 3.52. The van der Waals surface area contributed by atoms with Gasteiger partial charge in [-0.2, -0.15) is 0 Å². The zero-order valence-corrected chi connectivity index (χ0v) is 8.95. The second-order valence-corrected chi connectivity index (χ2v) is 2.95. The van der Waals surface area contributed by atoms with E-state index < -0.39 is 0 Å². The minimum atomic E-state index is 0.172. The zero-order chi connectivity index (χ0) is 11.3. The van der Waals surface area contributed by atoms with Crippen LogP contribution in [0.1, 0.15) is 5.56 Å². The summed E-state index contributed by atoms with van der Waals surface area (Å²) in [5, 5.41) is 12.6. The minimum Gasteiger partial charge on any atom is -0.507 e. The summed E-state index contributed by atoms with van der Waals surface area (Å²) in [5.41, 5.74) is 1.58. The largest absolute Gasteiger partial charge is 0.507 e. The smallest absolute Gasteiger partial charge is 0.142 e. The second-order valence-electron chi connectivity index (χ2n) is 2.95. The molecule has 0 unspecified atom stereocenters. The summed E-state index contributed by atoms with van der Waals surface area (Å²) in [6, 6.07) is 5.42. The molecule has 2 N–H and O–H groups in total. The Morgan fingerprint density at radius 2 is 2.27 bits per heavy atom. The van der Waals surface area contributed by atoms with E-state index in [1.54, 1.807) is 13.2 Å². The number of anilines is 1. The quantitative estimate of drug-likeness (QED) is 0.586. The van der Waals surface area contributed by atoms with Gasteiger partial charge in [-0.1, -0.05) is 12.7 Å². The van der Waals surface area contributed by atoms with Gasteiger partial charge in [0, 0.05) is 12.6 Å². The van der Waals surface area contributed by atoms with Crippen LogP contribution in [-0.4, -0.2) is 19.3 Å². The van der Waals surface area contributed by atoms with E-state index >= 15 is 0 Å². The second kappa shape index (κ2) is 5.10. The molecule has 0 heterocycles. The lowest BCUT2D eigenvalue weighted by Crippen LogP contribution is -1.94. The van der Waals surface area contributed by atoms with E-state index in [4.69, 9.17) is 4.74 Å². The fourth-order valence-electron chi connectivity index (χ4n) is 1.26. The number of ether oxygens (including phenoxy) is 1. The third-order valence-corrected chi connectivity index (χ3v) is 2.04. The molecule has 0 saturated carbocycles. The van der Waals surface area contributed by atoms with Crippen molar-refractivity contribution >= 4 is 11.4 Å².